The highest BCUT2D eigenvalue weighted by atomic mass is 35.5. The van der Waals surface area contributed by atoms with Gasteiger partial charge >= 0.3 is 5.97 Å². The number of carboxylic acid groups (broad SMARTS) is 1. The summed E-state index contributed by atoms with van der Waals surface area (Å²) in [5.41, 5.74) is 6.48. The van der Waals surface area contributed by atoms with Crippen molar-refractivity contribution in [2.24, 2.45) is 5.73 Å². The van der Waals surface area contributed by atoms with Crippen LogP contribution in [-0.4, -0.2) is 28.6 Å². The minimum Gasteiger partial charge on any atom is -0.480 e. The molecule has 0 aromatic heterocycles. The molecule has 0 aliphatic carbocycles. The van der Waals surface area contributed by atoms with Crippen LogP contribution in [0, 0.1) is 0 Å². The molecule has 12 heavy (non-hydrogen) atoms. The number of carbonyl (C=O) groups is 1. The molecule has 0 saturated carbocycles. The lowest BCUT2D eigenvalue weighted by atomic mass is 10.4. The highest BCUT2D eigenvalue weighted by molar-refractivity contribution is 7.99. The third kappa shape index (κ3) is 5.71. The van der Waals surface area contributed by atoms with Gasteiger partial charge in [0.05, 0.1) is 0 Å². The molecule has 0 aliphatic heterocycles. The van der Waals surface area contributed by atoms with Crippen LogP contribution in [0.3, 0.4) is 0 Å². The number of hydrogen-bond donors (Lipinski definition) is 2. The predicted octanol–water partition coefficient (Wildman–Crippen LogP) is 1.45. The summed E-state index contributed by atoms with van der Waals surface area (Å²) in [7, 11) is 0. The Morgan fingerprint density at radius 3 is 2.75 bits per heavy atom. The molecule has 0 heterocycles. The van der Waals surface area contributed by atoms with Gasteiger partial charge in [0.1, 0.15) is 6.04 Å². The van der Waals surface area contributed by atoms with Crippen LogP contribution < -0.4 is 5.73 Å². The zero-order valence-corrected chi connectivity index (χ0v) is 8.49. The van der Waals surface area contributed by atoms with E-state index >= 15 is 0 Å². The van der Waals surface area contributed by atoms with E-state index in [-0.39, 0.29) is 0 Å². The normalized spacial score (nSPS) is 14.4. The predicted molar refractivity (Wildman–Crippen MR) is 52.7 cm³/mol. The molecule has 0 aliphatic rings. The lowest BCUT2D eigenvalue weighted by Gasteiger charge is -2.04. The molecule has 0 aromatic carbocycles. The van der Waals surface area contributed by atoms with Crippen LogP contribution in [0.1, 0.15) is 0 Å². The van der Waals surface area contributed by atoms with Crippen LogP contribution in [0.5, 0.6) is 0 Å². The van der Waals surface area contributed by atoms with Gasteiger partial charge in [-0.15, -0.1) is 0 Å². The van der Waals surface area contributed by atoms with Gasteiger partial charge in [-0.25, -0.2) is 0 Å². The van der Waals surface area contributed by atoms with E-state index in [1.54, 1.807) is 0 Å². The maximum absolute atomic E-state index is 10.2. The molecule has 6 heteroatoms. The summed E-state index contributed by atoms with van der Waals surface area (Å²) < 4.78 is 0. The molecule has 0 radical (unpaired) electrons. The first-order valence-electron chi connectivity index (χ1n) is 3.08. The van der Waals surface area contributed by atoms with E-state index in [1.165, 1.54) is 17.3 Å². The minimum absolute atomic E-state index is 0.330. The molecule has 3 nitrogen and oxygen atoms in total. The summed E-state index contributed by atoms with van der Waals surface area (Å²) in [6.45, 7) is 0. The van der Waals surface area contributed by atoms with Gasteiger partial charge in [-0.05, 0) is 0 Å². The highest BCUT2D eigenvalue weighted by Gasteiger charge is 2.10. The Balaban J connectivity index is 3.50. The Labute approximate surface area is 84.9 Å². The molecule has 0 spiro atoms. The second-order valence-corrected chi connectivity index (χ2v) is 3.75. The summed E-state index contributed by atoms with van der Waals surface area (Å²) in [4.78, 5) is 10.2. The Morgan fingerprint density at radius 2 is 2.33 bits per heavy atom. The van der Waals surface area contributed by atoms with Crippen LogP contribution in [0.2, 0.25) is 0 Å². The van der Waals surface area contributed by atoms with Crippen molar-refractivity contribution < 1.29 is 9.90 Å². The molecule has 0 fully saturated rings. The number of rotatable bonds is 5. The maximum Gasteiger partial charge on any atom is 0.321 e. The fourth-order valence-corrected chi connectivity index (χ4v) is 1.58. The van der Waals surface area contributed by atoms with Crippen molar-refractivity contribution in [3.8, 4) is 0 Å². The van der Waals surface area contributed by atoms with E-state index in [4.69, 9.17) is 34.0 Å². The number of thioether (sulfide) groups is 1. The average molecular weight is 230 g/mol. The van der Waals surface area contributed by atoms with Crippen molar-refractivity contribution in [3.05, 3.63) is 10.6 Å². The SMILES string of the molecule is N[C@H](CSCC(Cl)=CCl)C(=O)O. The molecule has 0 saturated heterocycles. The number of nitrogens with two attached hydrogens (primary N) is 1. The Morgan fingerprint density at radius 1 is 1.75 bits per heavy atom. The minimum atomic E-state index is -1.01. The molecule has 1 atom stereocenters. The zero-order chi connectivity index (χ0) is 9.56. The summed E-state index contributed by atoms with van der Waals surface area (Å²) in [5, 5.41) is 8.88. The van der Waals surface area contributed by atoms with E-state index in [9.17, 15) is 4.79 Å². The molecule has 0 amide bonds. The third-order valence-corrected chi connectivity index (χ3v) is 2.86. The van der Waals surface area contributed by atoms with Gasteiger partial charge in [0.2, 0.25) is 0 Å². The molecule has 3 N–H and O–H groups in total. The van der Waals surface area contributed by atoms with Crippen LogP contribution >= 0.6 is 35.0 Å². The summed E-state index contributed by atoms with van der Waals surface area (Å²) >= 11 is 12.2. The van der Waals surface area contributed by atoms with Gasteiger partial charge in [0, 0.05) is 22.1 Å². The second kappa shape index (κ2) is 6.60. The second-order valence-electron chi connectivity index (χ2n) is 2.02. The first-order valence-corrected chi connectivity index (χ1v) is 5.05. The molecule has 0 unspecified atom stereocenters. The fourth-order valence-electron chi connectivity index (χ4n) is 0.386. The van der Waals surface area contributed by atoms with Gasteiger partial charge in [0.15, 0.2) is 0 Å². The van der Waals surface area contributed by atoms with Crippen LogP contribution in [0.25, 0.3) is 0 Å². The number of carboxylic acids is 1. The van der Waals surface area contributed by atoms with Crippen molar-refractivity contribution in [2.75, 3.05) is 11.5 Å². The summed E-state index contributed by atoms with van der Waals surface area (Å²) in [6.07, 6.45) is 0. The van der Waals surface area contributed by atoms with Crippen molar-refractivity contribution >= 4 is 40.9 Å². The zero-order valence-electron chi connectivity index (χ0n) is 6.17. The Bertz CT molecular complexity index is 186. The first-order chi connectivity index (χ1) is 5.57. The first kappa shape index (κ1) is 12.1. The largest absolute Gasteiger partial charge is 0.480 e. The molecule has 70 valence electrons. The van der Waals surface area contributed by atoms with Crippen molar-refractivity contribution in [2.45, 2.75) is 6.04 Å². The quantitative estimate of drug-likeness (QED) is 0.750. The van der Waals surface area contributed by atoms with Crippen LogP contribution in [0.4, 0.5) is 0 Å². The summed E-state index contributed by atoms with van der Waals surface area (Å²) in [5.74, 6) is -0.184. The Kier molecular flexibility index (Phi) is 6.65. The van der Waals surface area contributed by atoms with E-state index < -0.39 is 12.0 Å². The van der Waals surface area contributed by atoms with E-state index in [2.05, 4.69) is 0 Å². The maximum atomic E-state index is 10.2. The molecule has 0 rings (SSSR count). The summed E-state index contributed by atoms with van der Waals surface area (Å²) in [6, 6.07) is -0.838. The number of hydrogen-bond acceptors (Lipinski definition) is 3. The fraction of sp³-hybridized carbons (Fsp3) is 0.500. The Hall–Kier alpha value is 0.1000. The van der Waals surface area contributed by atoms with Crippen LogP contribution in [-0.2, 0) is 4.79 Å². The van der Waals surface area contributed by atoms with E-state index in [1.807, 2.05) is 0 Å². The monoisotopic (exact) mass is 229 g/mol. The number of halogens is 2. The van der Waals surface area contributed by atoms with Crippen molar-refractivity contribution in [3.63, 3.8) is 0 Å². The van der Waals surface area contributed by atoms with Gasteiger partial charge in [-0.2, -0.15) is 11.8 Å². The lowest BCUT2D eigenvalue weighted by molar-refractivity contribution is -0.137. The highest BCUT2D eigenvalue weighted by Crippen LogP contribution is 2.12. The molecule has 0 aromatic rings. The van der Waals surface area contributed by atoms with Crippen molar-refractivity contribution in [1.82, 2.24) is 0 Å². The van der Waals surface area contributed by atoms with Crippen molar-refractivity contribution in [1.29, 1.82) is 0 Å². The standard InChI is InChI=1S/C6H9Cl2NO2S/c7-1-4(8)2-12-3-5(9)6(10)11/h1,5H,2-3,9H2,(H,10,11)/t5-/m1/s1. The molecular weight excluding hydrogens is 221 g/mol. The molecule has 0 bridgehead atoms. The molecular formula is C6H9Cl2NO2S. The van der Waals surface area contributed by atoms with Gasteiger partial charge < -0.3 is 10.8 Å². The van der Waals surface area contributed by atoms with E-state index in [0.29, 0.717) is 16.5 Å². The lowest BCUT2D eigenvalue weighted by Crippen LogP contribution is -2.32. The third-order valence-electron chi connectivity index (χ3n) is 0.973. The van der Waals surface area contributed by atoms with Gasteiger partial charge in [-0.1, -0.05) is 23.2 Å². The van der Waals surface area contributed by atoms with Gasteiger partial charge in [0.25, 0.3) is 0 Å². The topological polar surface area (TPSA) is 63.3 Å². The van der Waals surface area contributed by atoms with Gasteiger partial charge in [-0.3, -0.25) is 4.79 Å². The average Bonchev–Trinajstić information content (AvgIpc) is 2.03. The van der Waals surface area contributed by atoms with Crippen LogP contribution in [0.15, 0.2) is 10.6 Å². The smallest absolute Gasteiger partial charge is 0.321 e. The van der Waals surface area contributed by atoms with E-state index in [0.717, 1.165) is 0 Å². The number of aliphatic carboxylic acids is 1.